The third kappa shape index (κ3) is 5.83. The topological polar surface area (TPSA) is 30.5 Å². The van der Waals surface area contributed by atoms with Gasteiger partial charge in [0.15, 0.2) is 5.75 Å². The molecule has 1 N–H and O–H groups in total. The third-order valence-electron chi connectivity index (χ3n) is 2.65. The van der Waals surface area contributed by atoms with Crippen LogP contribution in [0.3, 0.4) is 0 Å². The first-order valence-corrected chi connectivity index (χ1v) is 8.23. The maximum atomic E-state index is 6.06. The van der Waals surface area contributed by atoms with Crippen LogP contribution in [-0.4, -0.2) is 33.4 Å². The molecular formula is C13H16Cl5NO2. The number of rotatable bonds is 9. The van der Waals surface area contributed by atoms with Crippen molar-refractivity contribution < 1.29 is 9.47 Å². The van der Waals surface area contributed by atoms with Crippen molar-refractivity contribution in [2.45, 2.75) is 12.8 Å². The van der Waals surface area contributed by atoms with Crippen LogP contribution in [0.4, 0.5) is 0 Å². The van der Waals surface area contributed by atoms with Gasteiger partial charge in [0.2, 0.25) is 0 Å². The Hall–Kier alpha value is 0.390. The Labute approximate surface area is 149 Å². The number of nitrogens with one attached hydrogen (secondary N) is 1. The lowest BCUT2D eigenvalue weighted by molar-refractivity contribution is 0.199. The Morgan fingerprint density at radius 1 is 0.762 bits per heavy atom. The summed E-state index contributed by atoms with van der Waals surface area (Å²) in [5.74, 6) is 0.269. The van der Waals surface area contributed by atoms with Gasteiger partial charge in [-0.05, 0) is 19.4 Å². The molecule has 1 rings (SSSR count). The van der Waals surface area contributed by atoms with Crippen molar-refractivity contribution in [2.75, 3.05) is 33.4 Å². The first-order chi connectivity index (χ1) is 10.0. The Kier molecular flexibility index (Phi) is 9.46. The number of hydrogen-bond donors (Lipinski definition) is 1. The van der Waals surface area contributed by atoms with Gasteiger partial charge in [0, 0.05) is 13.7 Å². The molecule has 0 aliphatic rings. The molecule has 0 atom stereocenters. The molecule has 120 valence electrons. The van der Waals surface area contributed by atoms with Gasteiger partial charge in [-0.15, -0.1) is 0 Å². The summed E-state index contributed by atoms with van der Waals surface area (Å²) in [4.78, 5) is 0. The van der Waals surface area contributed by atoms with Crippen molar-refractivity contribution in [1.29, 1.82) is 0 Å². The number of halogens is 5. The fraction of sp³-hybridized carbons (Fsp3) is 0.538. The summed E-state index contributed by atoms with van der Waals surface area (Å²) in [6.45, 7) is 2.87. The van der Waals surface area contributed by atoms with Crippen LogP contribution in [0.15, 0.2) is 0 Å². The highest BCUT2D eigenvalue weighted by Gasteiger charge is 2.20. The molecule has 0 aromatic heterocycles. The van der Waals surface area contributed by atoms with Crippen molar-refractivity contribution in [3.8, 4) is 5.75 Å². The number of hydrogen-bond acceptors (Lipinski definition) is 3. The van der Waals surface area contributed by atoms with Crippen LogP contribution in [-0.2, 0) is 4.74 Å². The number of methoxy groups -OCH3 is 1. The average molecular weight is 396 g/mol. The fourth-order valence-corrected chi connectivity index (χ4v) is 2.77. The highest BCUT2D eigenvalue weighted by atomic mass is 35.5. The lowest BCUT2D eigenvalue weighted by Crippen LogP contribution is -2.20. The first kappa shape index (κ1) is 19.4. The molecule has 3 nitrogen and oxygen atoms in total. The molecule has 21 heavy (non-hydrogen) atoms. The molecule has 0 unspecified atom stereocenters. The minimum absolute atomic E-state index is 0.128. The van der Waals surface area contributed by atoms with E-state index in [0.717, 1.165) is 25.9 Å². The Morgan fingerprint density at radius 2 is 1.33 bits per heavy atom. The predicted octanol–water partition coefficient (Wildman–Crippen LogP) is 5.35. The zero-order valence-electron chi connectivity index (χ0n) is 11.4. The van der Waals surface area contributed by atoms with Gasteiger partial charge in [-0.2, -0.15) is 0 Å². The van der Waals surface area contributed by atoms with E-state index in [1.807, 2.05) is 0 Å². The van der Waals surface area contributed by atoms with E-state index < -0.39 is 0 Å². The second-order valence-electron chi connectivity index (χ2n) is 4.20. The van der Waals surface area contributed by atoms with Crippen LogP contribution in [0.2, 0.25) is 25.1 Å². The summed E-state index contributed by atoms with van der Waals surface area (Å²) in [7, 11) is 1.67. The van der Waals surface area contributed by atoms with Gasteiger partial charge in [-0.25, -0.2) is 0 Å². The van der Waals surface area contributed by atoms with E-state index in [0.29, 0.717) is 13.2 Å². The summed E-state index contributed by atoms with van der Waals surface area (Å²) in [5, 5.41) is 4.00. The van der Waals surface area contributed by atoms with Crippen LogP contribution in [0.25, 0.3) is 0 Å². The predicted molar refractivity (Wildman–Crippen MR) is 91.0 cm³/mol. The number of ether oxygens (including phenoxy) is 2. The molecule has 0 bridgehead atoms. The van der Waals surface area contributed by atoms with E-state index in [-0.39, 0.29) is 30.9 Å². The normalized spacial score (nSPS) is 11.0. The van der Waals surface area contributed by atoms with Gasteiger partial charge < -0.3 is 14.8 Å². The highest BCUT2D eigenvalue weighted by Crippen LogP contribution is 2.48. The Balaban J connectivity index is 2.43. The summed E-state index contributed by atoms with van der Waals surface area (Å²) < 4.78 is 10.5. The van der Waals surface area contributed by atoms with Crippen molar-refractivity contribution in [3.63, 3.8) is 0 Å². The van der Waals surface area contributed by atoms with Gasteiger partial charge in [0.05, 0.1) is 28.3 Å². The van der Waals surface area contributed by atoms with E-state index in [2.05, 4.69) is 5.32 Å². The smallest absolute Gasteiger partial charge is 0.159 e. The van der Waals surface area contributed by atoms with Crippen LogP contribution in [0.1, 0.15) is 12.8 Å². The van der Waals surface area contributed by atoms with Crippen molar-refractivity contribution in [1.82, 2.24) is 5.32 Å². The largest absolute Gasteiger partial charge is 0.490 e. The summed E-state index contributed by atoms with van der Waals surface area (Å²) in [6, 6.07) is 0. The molecular weight excluding hydrogens is 379 g/mol. The number of unbranched alkanes of at least 4 members (excludes halogenated alkanes) is 1. The molecule has 8 heteroatoms. The van der Waals surface area contributed by atoms with E-state index >= 15 is 0 Å². The van der Waals surface area contributed by atoms with Gasteiger partial charge in [-0.3, -0.25) is 0 Å². The minimum Gasteiger partial charge on any atom is -0.490 e. The molecule has 0 saturated heterocycles. The van der Waals surface area contributed by atoms with Crippen molar-refractivity contribution in [3.05, 3.63) is 25.1 Å². The van der Waals surface area contributed by atoms with Crippen LogP contribution < -0.4 is 10.1 Å². The van der Waals surface area contributed by atoms with Crippen LogP contribution >= 0.6 is 58.0 Å². The van der Waals surface area contributed by atoms with E-state index in [1.165, 1.54) is 0 Å². The Bertz CT molecular complexity index is 441. The summed E-state index contributed by atoms with van der Waals surface area (Å²) in [6.07, 6.45) is 1.79. The fourth-order valence-electron chi connectivity index (χ4n) is 1.54. The maximum absolute atomic E-state index is 6.06. The molecule has 1 aromatic rings. The molecule has 0 radical (unpaired) electrons. The van der Waals surface area contributed by atoms with Crippen molar-refractivity contribution >= 4 is 58.0 Å². The summed E-state index contributed by atoms with van der Waals surface area (Å²) >= 11 is 29.9. The monoisotopic (exact) mass is 393 g/mol. The molecule has 0 heterocycles. The van der Waals surface area contributed by atoms with Gasteiger partial charge >= 0.3 is 0 Å². The molecule has 0 aliphatic carbocycles. The molecule has 0 amide bonds. The lowest BCUT2D eigenvalue weighted by Gasteiger charge is -2.13. The van der Waals surface area contributed by atoms with Crippen LogP contribution in [0, 0.1) is 0 Å². The van der Waals surface area contributed by atoms with Crippen LogP contribution in [0.5, 0.6) is 5.75 Å². The SMILES string of the molecule is COCCNCCCCOc1c(Cl)c(Cl)c(Cl)c(Cl)c1Cl. The maximum Gasteiger partial charge on any atom is 0.159 e. The van der Waals surface area contributed by atoms with Crippen molar-refractivity contribution in [2.24, 2.45) is 0 Å². The third-order valence-corrected chi connectivity index (χ3v) is 4.89. The van der Waals surface area contributed by atoms with Gasteiger partial charge in [0.25, 0.3) is 0 Å². The minimum atomic E-state index is 0.128. The van der Waals surface area contributed by atoms with Gasteiger partial charge in [0.1, 0.15) is 10.0 Å². The zero-order chi connectivity index (χ0) is 15.8. The molecule has 1 aromatic carbocycles. The van der Waals surface area contributed by atoms with E-state index in [1.54, 1.807) is 7.11 Å². The molecule has 0 fully saturated rings. The van der Waals surface area contributed by atoms with Gasteiger partial charge in [-0.1, -0.05) is 58.0 Å². The lowest BCUT2D eigenvalue weighted by atomic mass is 10.3. The average Bonchev–Trinajstić information content (AvgIpc) is 2.49. The van der Waals surface area contributed by atoms with E-state index in [9.17, 15) is 0 Å². The first-order valence-electron chi connectivity index (χ1n) is 6.34. The number of benzene rings is 1. The molecule has 0 saturated carbocycles. The quantitative estimate of drug-likeness (QED) is 0.347. The molecule has 0 spiro atoms. The Morgan fingerprint density at radius 3 is 1.90 bits per heavy atom. The zero-order valence-corrected chi connectivity index (χ0v) is 15.2. The molecule has 0 aliphatic heterocycles. The van der Waals surface area contributed by atoms with E-state index in [4.69, 9.17) is 67.5 Å². The second-order valence-corrected chi connectivity index (χ2v) is 6.09. The highest BCUT2D eigenvalue weighted by molar-refractivity contribution is 6.55. The summed E-state index contributed by atoms with van der Waals surface area (Å²) in [5.41, 5.74) is 0. The second kappa shape index (κ2) is 10.2. The standard InChI is InChI=1S/C13H16Cl5NO2/c1-20-7-5-19-4-2-3-6-21-13-11(17)9(15)8(14)10(16)12(13)18/h19H,2-7H2,1H3.